The second-order valence-corrected chi connectivity index (χ2v) is 3.49. The molecule has 0 saturated carbocycles. The molecule has 0 unspecified atom stereocenters. The summed E-state index contributed by atoms with van der Waals surface area (Å²) in [7, 11) is 0. The van der Waals surface area contributed by atoms with E-state index in [9.17, 15) is 19.2 Å². The van der Waals surface area contributed by atoms with Gasteiger partial charge in [-0.15, -0.1) is 0 Å². The zero-order chi connectivity index (χ0) is 13.0. The molecule has 0 spiro atoms. The van der Waals surface area contributed by atoms with Crippen molar-refractivity contribution in [2.75, 3.05) is 6.54 Å². The average molecular weight is 252 g/mol. The number of hydrogen-bond acceptors (Lipinski definition) is 5. The summed E-state index contributed by atoms with van der Waals surface area (Å²) in [6.07, 6.45) is -1.56. The number of carbonyl (C=O) groups is 2. The molecule has 4 N–H and O–H groups in total. The van der Waals surface area contributed by atoms with Crippen LogP contribution in [0.25, 0.3) is 0 Å². The van der Waals surface area contributed by atoms with E-state index >= 15 is 0 Å². The van der Waals surface area contributed by atoms with Crippen molar-refractivity contribution in [1.82, 2.24) is 5.32 Å². The smallest absolute Gasteiger partial charge is 0.321 e. The van der Waals surface area contributed by atoms with Gasteiger partial charge in [0.2, 0.25) is 0 Å². The number of carboxylic acids is 2. The van der Waals surface area contributed by atoms with Gasteiger partial charge in [-0.05, 0) is 0 Å². The Kier molecular flexibility index (Phi) is 4.75. The third-order valence-electron chi connectivity index (χ3n) is 2.44. The van der Waals surface area contributed by atoms with Crippen molar-refractivity contribution in [3.8, 4) is 0 Å². The fourth-order valence-electron chi connectivity index (χ4n) is 1.76. The largest absolute Gasteiger partial charge is 0.564 e. The summed E-state index contributed by atoms with van der Waals surface area (Å²) in [6.45, 7) is -1.71. The van der Waals surface area contributed by atoms with E-state index in [0.717, 1.165) is 0 Å². The highest BCUT2D eigenvalue weighted by molar-refractivity contribution is 5.76. The number of nitrogens with one attached hydrogen (secondary N) is 1. The molecule has 0 aromatic rings. The summed E-state index contributed by atoms with van der Waals surface area (Å²) in [5.41, 5.74) is 0. The van der Waals surface area contributed by atoms with Crippen LogP contribution in [0, 0.1) is 12.5 Å². The minimum atomic E-state index is -1.64. The Hall–Kier alpha value is -1.29. The second kappa shape index (κ2) is 5.87. The molecule has 1 heterocycles. The van der Waals surface area contributed by atoms with Gasteiger partial charge < -0.3 is 34.8 Å². The lowest BCUT2D eigenvalue weighted by Crippen LogP contribution is -2.38. The van der Waals surface area contributed by atoms with Crippen LogP contribution >= 0.6 is 0 Å². The van der Waals surface area contributed by atoms with Crippen molar-refractivity contribution in [2.24, 2.45) is 5.92 Å². The van der Waals surface area contributed by atoms with Crippen molar-refractivity contribution in [1.29, 1.82) is 0 Å². The molecule has 1 fully saturated rings. The van der Waals surface area contributed by atoms with Crippen molar-refractivity contribution in [2.45, 2.75) is 18.6 Å². The first kappa shape index (κ1) is 13.8. The predicted octanol–water partition coefficient (Wildman–Crippen LogP) is -1.70. The standard InChI is InChI=1S/C8H11FNO7/c9-8(17-15)16-4-2-10-6(7(13)14)3(4)1-5(11)12/h3-4,6,10,17H,1-2H2,(H,11,12)(H,13,14)/q-1/t3-,4+,6-/m0/s1. The van der Waals surface area contributed by atoms with Gasteiger partial charge in [0, 0.05) is 18.6 Å². The molecule has 9 heteroatoms. The Morgan fingerprint density at radius 2 is 2.24 bits per heavy atom. The van der Waals surface area contributed by atoms with Gasteiger partial charge in [0.15, 0.2) is 0 Å². The number of rotatable bonds is 6. The summed E-state index contributed by atoms with van der Waals surface area (Å²) < 4.78 is 17.0. The van der Waals surface area contributed by atoms with Crippen molar-refractivity contribution in [3.05, 3.63) is 6.54 Å². The van der Waals surface area contributed by atoms with E-state index in [1.54, 1.807) is 0 Å². The fourth-order valence-corrected chi connectivity index (χ4v) is 1.76. The van der Waals surface area contributed by atoms with Crippen LogP contribution in [0.5, 0.6) is 0 Å². The van der Waals surface area contributed by atoms with Crippen LogP contribution in [-0.2, 0) is 14.3 Å². The zero-order valence-corrected chi connectivity index (χ0v) is 8.50. The van der Waals surface area contributed by atoms with E-state index in [-0.39, 0.29) is 6.54 Å². The molecule has 0 aromatic heterocycles. The molecule has 3 atom stereocenters. The highest BCUT2D eigenvalue weighted by Crippen LogP contribution is 2.25. The average Bonchev–Trinajstić information content (AvgIpc) is 2.60. The number of ether oxygens (including phenoxy) is 1. The van der Waals surface area contributed by atoms with E-state index in [4.69, 9.17) is 10.2 Å². The summed E-state index contributed by atoms with van der Waals surface area (Å²) >= 11 is 0. The Morgan fingerprint density at radius 1 is 1.59 bits per heavy atom. The predicted molar refractivity (Wildman–Crippen MR) is 47.0 cm³/mol. The maximum absolute atomic E-state index is 12.5. The quantitative estimate of drug-likeness (QED) is 0.222. The molecule has 0 radical (unpaired) electrons. The van der Waals surface area contributed by atoms with Gasteiger partial charge in [0.1, 0.15) is 6.04 Å². The first-order valence-corrected chi connectivity index (χ1v) is 4.66. The summed E-state index contributed by atoms with van der Waals surface area (Å²) in [5.74, 6) is -3.47. The van der Waals surface area contributed by atoms with Crippen LogP contribution in [0.4, 0.5) is 4.39 Å². The van der Waals surface area contributed by atoms with Gasteiger partial charge in [-0.2, -0.15) is 0 Å². The highest BCUT2D eigenvalue weighted by Gasteiger charge is 2.41. The van der Waals surface area contributed by atoms with Crippen LogP contribution in [0.1, 0.15) is 6.42 Å². The van der Waals surface area contributed by atoms with Crippen molar-refractivity contribution in [3.63, 3.8) is 0 Å². The summed E-state index contributed by atoms with van der Waals surface area (Å²) in [6, 6.07) is -1.16. The van der Waals surface area contributed by atoms with E-state index in [1.807, 2.05) is 4.89 Å². The number of aliphatic hydroxyl groups is 1. The molecule has 0 bridgehead atoms. The lowest BCUT2D eigenvalue weighted by molar-refractivity contribution is -0.791. The Morgan fingerprint density at radius 3 is 2.71 bits per heavy atom. The van der Waals surface area contributed by atoms with Crippen LogP contribution < -0.4 is 10.6 Å². The SMILES string of the molecule is O=C(O)C[C@@H]1[C@@H](C(=O)O)NC[C@H]1O[C-](F)[OH+][O-]. The zero-order valence-electron chi connectivity index (χ0n) is 8.50. The van der Waals surface area contributed by atoms with Gasteiger partial charge in [-0.1, -0.05) is 0 Å². The molecule has 0 amide bonds. The van der Waals surface area contributed by atoms with Gasteiger partial charge in [-0.25, -0.2) is 0 Å². The molecule has 0 aliphatic carbocycles. The van der Waals surface area contributed by atoms with Gasteiger partial charge >= 0.3 is 11.9 Å². The van der Waals surface area contributed by atoms with Crippen LogP contribution in [-0.4, -0.2) is 45.7 Å². The molecule has 1 saturated heterocycles. The maximum atomic E-state index is 12.5. The van der Waals surface area contributed by atoms with Crippen LogP contribution in [0.2, 0.25) is 0 Å². The third-order valence-corrected chi connectivity index (χ3v) is 2.44. The minimum Gasteiger partial charge on any atom is -0.564 e. The number of aliphatic carboxylic acids is 2. The molecule has 0 aromatic carbocycles. The molecule has 17 heavy (non-hydrogen) atoms. The van der Waals surface area contributed by atoms with Gasteiger partial charge in [0.05, 0.1) is 6.42 Å². The van der Waals surface area contributed by atoms with E-state index in [2.05, 4.69) is 10.1 Å². The number of carboxylic acid groups (broad SMARTS) is 2. The molecule has 8 nitrogen and oxygen atoms in total. The highest BCUT2D eigenvalue weighted by atomic mass is 19.2. The fraction of sp³-hybridized carbons (Fsp3) is 0.625. The van der Waals surface area contributed by atoms with Crippen LogP contribution in [0.15, 0.2) is 0 Å². The Balaban J connectivity index is 2.69. The van der Waals surface area contributed by atoms with E-state index in [1.165, 1.54) is 0 Å². The van der Waals surface area contributed by atoms with Crippen molar-refractivity contribution >= 4 is 11.9 Å². The molecule has 98 valence electrons. The lowest BCUT2D eigenvalue weighted by atomic mass is 9.94. The molecule has 1 aliphatic rings. The molecule has 1 aliphatic heterocycles. The number of halogens is 1. The van der Waals surface area contributed by atoms with Crippen LogP contribution in [0.3, 0.4) is 0 Å². The van der Waals surface area contributed by atoms with E-state index < -0.39 is 43.0 Å². The molecular weight excluding hydrogens is 241 g/mol. The molecular formula is C8H11FNO7-. The number of hydrogen-bond donors (Lipinski definition) is 3. The van der Waals surface area contributed by atoms with Crippen molar-refractivity contribution < 1.29 is 39.1 Å². The Bertz CT molecular complexity index is 300. The molecule has 1 rings (SSSR count). The van der Waals surface area contributed by atoms with E-state index in [0.29, 0.717) is 0 Å². The first-order chi connectivity index (χ1) is 7.95. The monoisotopic (exact) mass is 252 g/mol. The minimum absolute atomic E-state index is 0.0716. The van der Waals surface area contributed by atoms with Gasteiger partial charge in [-0.3, -0.25) is 9.59 Å². The third kappa shape index (κ3) is 3.60. The summed E-state index contributed by atoms with van der Waals surface area (Å²) in [5, 5.41) is 29.7. The summed E-state index contributed by atoms with van der Waals surface area (Å²) in [4.78, 5) is 23.3. The first-order valence-electron chi connectivity index (χ1n) is 4.66. The lowest BCUT2D eigenvalue weighted by Gasteiger charge is -2.27. The Labute approximate surface area is 94.9 Å². The maximum Gasteiger partial charge on any atom is 0.321 e. The van der Waals surface area contributed by atoms with Gasteiger partial charge in [0.25, 0.3) is 6.54 Å². The second-order valence-electron chi connectivity index (χ2n) is 3.49. The topological polar surface area (TPSA) is 132 Å². The normalized spacial score (nSPS) is 28.5.